The first-order valence-electron chi connectivity index (χ1n) is 5.89. The second-order valence-corrected chi connectivity index (χ2v) is 6.33. The minimum atomic E-state index is 0.0149. The molecule has 2 rings (SSSR count). The molecular weight excluding hydrogens is 216 g/mol. The average molecular weight is 234 g/mol. The Morgan fingerprint density at radius 1 is 0.933 bits per heavy atom. The van der Waals surface area contributed by atoms with Crippen molar-refractivity contribution in [1.82, 2.24) is 0 Å². The van der Waals surface area contributed by atoms with Crippen LogP contribution in [0.25, 0.3) is 0 Å². The van der Waals surface area contributed by atoms with Gasteiger partial charge in [-0.05, 0) is 0 Å². The second-order valence-electron chi connectivity index (χ2n) is 4.05. The van der Waals surface area contributed by atoms with Crippen LogP contribution < -0.4 is 0 Å². The van der Waals surface area contributed by atoms with Gasteiger partial charge in [-0.2, -0.15) is 0 Å². The van der Waals surface area contributed by atoms with Gasteiger partial charge in [-0.25, -0.2) is 0 Å². The molecule has 15 heavy (non-hydrogen) atoms. The summed E-state index contributed by atoms with van der Waals surface area (Å²) in [6.07, 6.45) is 14.3. The molecule has 0 saturated heterocycles. The van der Waals surface area contributed by atoms with E-state index in [9.17, 15) is 0 Å². The van der Waals surface area contributed by atoms with Crippen LogP contribution in [0, 0.1) is 0 Å². The Kier molecular flexibility index (Phi) is 3.83. The van der Waals surface area contributed by atoms with Crippen molar-refractivity contribution in [2.75, 3.05) is 0 Å². The van der Waals surface area contributed by atoms with Crippen molar-refractivity contribution < 1.29 is 19.2 Å². The third kappa shape index (κ3) is 2.43. The zero-order chi connectivity index (χ0) is 10.7. The molecule has 0 aliphatic heterocycles. The van der Waals surface area contributed by atoms with Crippen molar-refractivity contribution in [2.45, 2.75) is 39.5 Å². The van der Waals surface area contributed by atoms with Crippen molar-refractivity contribution in [1.29, 1.82) is 0 Å². The van der Waals surface area contributed by atoms with E-state index in [4.69, 9.17) is 0 Å². The molecule has 0 N–H and O–H groups in total. The Hall–Kier alpha value is -0.326. The van der Waals surface area contributed by atoms with Gasteiger partial charge < -0.3 is 0 Å². The van der Waals surface area contributed by atoms with Crippen LogP contribution >= 0.6 is 0 Å². The summed E-state index contributed by atoms with van der Waals surface area (Å²) in [4.78, 5) is 0. The molecule has 78 valence electrons. The van der Waals surface area contributed by atoms with Crippen LogP contribution in [0.15, 0.2) is 43.2 Å². The van der Waals surface area contributed by atoms with Crippen molar-refractivity contribution in [3.63, 3.8) is 0 Å². The molecule has 0 saturated carbocycles. The topological polar surface area (TPSA) is 0 Å². The van der Waals surface area contributed by atoms with E-state index < -0.39 is 0 Å². The van der Waals surface area contributed by atoms with Crippen molar-refractivity contribution in [3.05, 3.63) is 43.2 Å². The Morgan fingerprint density at radius 2 is 1.40 bits per heavy atom. The Morgan fingerprint density at radius 3 is 1.80 bits per heavy atom. The van der Waals surface area contributed by atoms with E-state index in [0.29, 0.717) is 0 Å². The van der Waals surface area contributed by atoms with Gasteiger partial charge in [-0.3, -0.25) is 0 Å². The Bertz CT molecular complexity index is 331. The van der Waals surface area contributed by atoms with Gasteiger partial charge in [-0.1, -0.05) is 0 Å². The minimum absolute atomic E-state index is 0.0149. The number of rotatable bonds is 4. The molecule has 0 spiro atoms. The first-order valence-corrected chi connectivity index (χ1v) is 7.45. The summed E-state index contributed by atoms with van der Waals surface area (Å²) in [7, 11) is 0. The summed E-state index contributed by atoms with van der Waals surface area (Å²) >= 11 is 0.0149. The van der Waals surface area contributed by atoms with E-state index in [1.165, 1.54) is 25.7 Å². The van der Waals surface area contributed by atoms with Gasteiger partial charge in [-0.15, -0.1) is 0 Å². The van der Waals surface area contributed by atoms with Crippen LogP contribution in [0.2, 0.25) is 0 Å². The van der Waals surface area contributed by atoms with Crippen molar-refractivity contribution in [2.24, 2.45) is 0 Å². The molecule has 2 aliphatic carbocycles. The number of hydrogen-bond acceptors (Lipinski definition) is 0. The normalized spacial score (nSPS) is 19.6. The van der Waals surface area contributed by atoms with E-state index in [-0.39, 0.29) is 19.2 Å². The molecule has 0 nitrogen and oxygen atoms in total. The summed E-state index contributed by atoms with van der Waals surface area (Å²) in [5.74, 6) is 0. The number of hydrogen-bond donors (Lipinski definition) is 0. The maximum atomic E-state index is 2.34. The molecule has 0 atom stereocenters. The fourth-order valence-electron chi connectivity index (χ4n) is 2.21. The molecule has 0 amide bonds. The van der Waals surface area contributed by atoms with Gasteiger partial charge in [0.25, 0.3) is 0 Å². The van der Waals surface area contributed by atoms with E-state index in [2.05, 4.69) is 38.2 Å². The van der Waals surface area contributed by atoms with E-state index >= 15 is 0 Å². The Balaban J connectivity index is 2.10. The molecule has 0 aromatic heterocycles. The van der Waals surface area contributed by atoms with Gasteiger partial charge >= 0.3 is 102 Å². The van der Waals surface area contributed by atoms with Crippen LogP contribution in [0.5, 0.6) is 0 Å². The van der Waals surface area contributed by atoms with E-state index in [1.807, 2.05) is 0 Å². The van der Waals surface area contributed by atoms with Crippen LogP contribution in [0.4, 0.5) is 0 Å². The summed E-state index contributed by atoms with van der Waals surface area (Å²) in [6.45, 7) is 4.55. The summed E-state index contributed by atoms with van der Waals surface area (Å²) in [6, 6.07) is 0. The monoisotopic (exact) mass is 234 g/mol. The number of allylic oxidation sites excluding steroid dienone is 8. The molecule has 0 aromatic rings. The maximum absolute atomic E-state index is 2.34. The molecular formula is C14H18Ti. The van der Waals surface area contributed by atoms with Gasteiger partial charge in [0, 0.05) is 0 Å². The van der Waals surface area contributed by atoms with Crippen LogP contribution in [0.3, 0.4) is 0 Å². The quantitative estimate of drug-likeness (QED) is 0.635. The predicted molar refractivity (Wildman–Crippen MR) is 62.1 cm³/mol. The van der Waals surface area contributed by atoms with Crippen molar-refractivity contribution >= 4 is 0 Å². The van der Waals surface area contributed by atoms with Crippen LogP contribution in [0.1, 0.15) is 39.5 Å². The van der Waals surface area contributed by atoms with Crippen molar-refractivity contribution in [3.8, 4) is 0 Å². The standard InChI is InChI=1S/2C7H9.Ti/c2*1-2-7-5-3-4-6-7;/h2*3,5H,2,4H2,1H3;. The van der Waals surface area contributed by atoms with E-state index in [0.717, 1.165) is 0 Å². The zero-order valence-corrected chi connectivity index (χ0v) is 11.2. The molecule has 1 heteroatoms. The van der Waals surface area contributed by atoms with Crippen LogP contribution in [-0.4, -0.2) is 0 Å². The summed E-state index contributed by atoms with van der Waals surface area (Å²) < 4.78 is 3.56. The van der Waals surface area contributed by atoms with Crippen LogP contribution in [-0.2, 0) is 19.2 Å². The molecule has 0 heterocycles. The zero-order valence-electron chi connectivity index (χ0n) is 9.64. The first kappa shape index (κ1) is 11.2. The average Bonchev–Trinajstić information content (AvgIpc) is 2.87. The first-order chi connectivity index (χ1) is 7.35. The molecule has 0 aromatic carbocycles. The molecule has 0 unspecified atom stereocenters. The van der Waals surface area contributed by atoms with Gasteiger partial charge in [0.2, 0.25) is 0 Å². The molecule has 0 radical (unpaired) electrons. The predicted octanol–water partition coefficient (Wildman–Crippen LogP) is 4.32. The molecule has 2 aliphatic rings. The SMILES string of the molecule is CCC1=[C]([Ti][C]2=C(CC)C=CC2)CC=C1. The third-order valence-electron chi connectivity index (χ3n) is 3.12. The summed E-state index contributed by atoms with van der Waals surface area (Å²) in [5.41, 5.74) is 3.26. The fraction of sp³-hybridized carbons (Fsp3) is 0.429. The molecule has 0 fully saturated rings. The second kappa shape index (κ2) is 5.14. The Labute approximate surface area is 102 Å². The van der Waals surface area contributed by atoms with Gasteiger partial charge in [0.15, 0.2) is 0 Å². The fourth-order valence-corrected chi connectivity index (χ4v) is 4.78. The van der Waals surface area contributed by atoms with E-state index in [1.54, 1.807) is 18.9 Å². The van der Waals surface area contributed by atoms with Gasteiger partial charge in [0.05, 0.1) is 0 Å². The third-order valence-corrected chi connectivity index (χ3v) is 5.70. The van der Waals surface area contributed by atoms with Gasteiger partial charge in [0.1, 0.15) is 0 Å². The summed E-state index contributed by atoms with van der Waals surface area (Å²) in [5, 5.41) is 0. The molecule has 0 bridgehead atoms.